The van der Waals surface area contributed by atoms with E-state index in [1.807, 2.05) is 49.4 Å². The molecule has 0 saturated carbocycles. The van der Waals surface area contributed by atoms with Gasteiger partial charge in [-0.2, -0.15) is 0 Å². The highest BCUT2D eigenvalue weighted by Crippen LogP contribution is 2.28. The van der Waals surface area contributed by atoms with Crippen LogP contribution >= 0.6 is 23.4 Å². The highest BCUT2D eigenvalue weighted by atomic mass is 35.5. The molecule has 22 heavy (non-hydrogen) atoms. The Kier molecular flexibility index (Phi) is 6.16. The van der Waals surface area contributed by atoms with Gasteiger partial charge in [-0.1, -0.05) is 24.6 Å². The van der Waals surface area contributed by atoms with Crippen molar-refractivity contribution in [2.24, 2.45) is 0 Å². The van der Waals surface area contributed by atoms with Gasteiger partial charge in [0.05, 0.1) is 12.4 Å². The number of methoxy groups -OCH3 is 1. The third-order valence-corrected chi connectivity index (χ3v) is 4.72. The van der Waals surface area contributed by atoms with Crippen LogP contribution in [0.2, 0.25) is 5.02 Å². The summed E-state index contributed by atoms with van der Waals surface area (Å²) in [5.74, 6) is 0.701. The molecule has 1 atom stereocenters. The summed E-state index contributed by atoms with van der Waals surface area (Å²) in [6.45, 7) is 2.00. The number of hydrogen-bond acceptors (Lipinski definition) is 3. The zero-order valence-corrected chi connectivity index (χ0v) is 14.1. The van der Waals surface area contributed by atoms with Gasteiger partial charge in [0.25, 0.3) is 0 Å². The van der Waals surface area contributed by atoms with Crippen molar-refractivity contribution in [1.82, 2.24) is 0 Å². The lowest BCUT2D eigenvalue weighted by Gasteiger charge is -2.15. The number of benzene rings is 2. The molecule has 0 aromatic heterocycles. The van der Waals surface area contributed by atoms with Crippen LogP contribution < -0.4 is 10.1 Å². The van der Waals surface area contributed by atoms with E-state index in [1.165, 1.54) is 11.8 Å². The fraction of sp³-hybridized carbons (Fsp3) is 0.235. The summed E-state index contributed by atoms with van der Waals surface area (Å²) >= 11 is 7.41. The molecule has 0 aliphatic rings. The normalized spacial score (nSPS) is 11.8. The van der Waals surface area contributed by atoms with Crippen molar-refractivity contribution in [1.29, 1.82) is 0 Å². The van der Waals surface area contributed by atoms with Crippen molar-refractivity contribution in [2.75, 3.05) is 12.4 Å². The van der Waals surface area contributed by atoms with Crippen LogP contribution in [0.25, 0.3) is 0 Å². The fourth-order valence-electron chi connectivity index (χ4n) is 1.92. The van der Waals surface area contributed by atoms with E-state index in [9.17, 15) is 4.79 Å². The highest BCUT2D eigenvalue weighted by molar-refractivity contribution is 8.00. The molecule has 1 N–H and O–H groups in total. The average molecular weight is 336 g/mol. The van der Waals surface area contributed by atoms with Crippen molar-refractivity contribution in [3.63, 3.8) is 0 Å². The van der Waals surface area contributed by atoms with Gasteiger partial charge in [0, 0.05) is 21.7 Å². The summed E-state index contributed by atoms with van der Waals surface area (Å²) in [5.41, 5.74) is 0.736. The number of ether oxygens (including phenoxy) is 1. The van der Waals surface area contributed by atoms with Crippen LogP contribution in [0, 0.1) is 0 Å². The lowest BCUT2D eigenvalue weighted by Crippen LogP contribution is -2.24. The Hall–Kier alpha value is -1.65. The van der Waals surface area contributed by atoms with E-state index >= 15 is 0 Å². The molecule has 0 bridgehead atoms. The topological polar surface area (TPSA) is 38.3 Å². The third-order valence-electron chi connectivity index (χ3n) is 3.09. The highest BCUT2D eigenvalue weighted by Gasteiger charge is 2.18. The van der Waals surface area contributed by atoms with Gasteiger partial charge in [0.1, 0.15) is 5.75 Å². The molecule has 0 radical (unpaired) electrons. The van der Waals surface area contributed by atoms with E-state index in [0.717, 1.165) is 22.8 Å². The zero-order valence-electron chi connectivity index (χ0n) is 12.5. The van der Waals surface area contributed by atoms with Gasteiger partial charge in [-0.15, -0.1) is 11.8 Å². The quantitative estimate of drug-likeness (QED) is 0.766. The predicted molar refractivity (Wildman–Crippen MR) is 93.0 cm³/mol. The molecule has 0 heterocycles. The smallest absolute Gasteiger partial charge is 0.237 e. The van der Waals surface area contributed by atoms with Crippen LogP contribution in [-0.2, 0) is 4.79 Å². The van der Waals surface area contributed by atoms with Gasteiger partial charge >= 0.3 is 0 Å². The molecule has 116 valence electrons. The number of anilines is 1. The average Bonchev–Trinajstić information content (AvgIpc) is 2.54. The first kappa shape index (κ1) is 16.7. The number of carbonyl (C=O) groups is 1. The predicted octanol–water partition coefficient (Wildman–Crippen LogP) is 4.86. The molecule has 0 aliphatic heterocycles. The first-order chi connectivity index (χ1) is 10.6. The minimum Gasteiger partial charge on any atom is -0.497 e. The molecule has 1 amide bonds. The van der Waals surface area contributed by atoms with Gasteiger partial charge in [-0.3, -0.25) is 4.79 Å². The Bertz CT molecular complexity index is 631. The third kappa shape index (κ3) is 4.68. The number of carbonyl (C=O) groups excluding carboxylic acids is 1. The number of halogens is 1. The van der Waals surface area contributed by atoms with Crippen molar-refractivity contribution < 1.29 is 9.53 Å². The minimum atomic E-state index is -0.160. The molecule has 0 aliphatic carbocycles. The Morgan fingerprint density at radius 3 is 2.64 bits per heavy atom. The summed E-state index contributed by atoms with van der Waals surface area (Å²) in [4.78, 5) is 13.4. The molecular formula is C17H18ClNO2S. The molecule has 3 nitrogen and oxygen atoms in total. The van der Waals surface area contributed by atoms with Crippen LogP contribution in [0.3, 0.4) is 0 Å². The number of hydrogen-bond donors (Lipinski definition) is 1. The first-order valence-electron chi connectivity index (χ1n) is 6.99. The van der Waals surface area contributed by atoms with Crippen LogP contribution in [-0.4, -0.2) is 18.3 Å². The van der Waals surface area contributed by atoms with Gasteiger partial charge in [-0.05, 0) is 42.8 Å². The first-order valence-corrected chi connectivity index (χ1v) is 8.25. The summed E-state index contributed by atoms with van der Waals surface area (Å²) in [5, 5.41) is 3.47. The van der Waals surface area contributed by atoms with Gasteiger partial charge < -0.3 is 10.1 Å². The van der Waals surface area contributed by atoms with E-state index in [-0.39, 0.29) is 11.2 Å². The Balaban J connectivity index is 2.03. The Labute approximate surface area is 140 Å². The maximum Gasteiger partial charge on any atom is 0.237 e. The van der Waals surface area contributed by atoms with Crippen molar-refractivity contribution in [3.8, 4) is 5.75 Å². The van der Waals surface area contributed by atoms with E-state index < -0.39 is 0 Å². The molecule has 2 rings (SSSR count). The molecule has 0 saturated heterocycles. The van der Waals surface area contributed by atoms with E-state index in [2.05, 4.69) is 5.32 Å². The molecule has 1 unspecified atom stereocenters. The van der Waals surface area contributed by atoms with Crippen LogP contribution in [0.1, 0.15) is 13.3 Å². The second-order valence-corrected chi connectivity index (χ2v) is 6.40. The molecular weight excluding hydrogens is 318 g/mol. The maximum atomic E-state index is 12.4. The molecule has 2 aromatic carbocycles. The number of amides is 1. The second kappa shape index (κ2) is 8.11. The van der Waals surface area contributed by atoms with Crippen molar-refractivity contribution in [3.05, 3.63) is 53.6 Å². The fourth-order valence-corrected chi connectivity index (χ4v) is 3.00. The largest absolute Gasteiger partial charge is 0.497 e. The molecule has 5 heteroatoms. The van der Waals surface area contributed by atoms with Gasteiger partial charge in [0.2, 0.25) is 5.91 Å². The summed E-state index contributed by atoms with van der Waals surface area (Å²) in [7, 11) is 1.60. The van der Waals surface area contributed by atoms with E-state index in [0.29, 0.717) is 5.02 Å². The van der Waals surface area contributed by atoms with E-state index in [1.54, 1.807) is 13.2 Å². The number of rotatable bonds is 6. The number of thioether (sulfide) groups is 1. The SMILES string of the molecule is CCC(Sc1ccc(Cl)cc1)C(=O)Nc1cccc(OC)c1. The molecule has 0 spiro atoms. The zero-order chi connectivity index (χ0) is 15.9. The lowest BCUT2D eigenvalue weighted by atomic mass is 10.2. The monoisotopic (exact) mass is 335 g/mol. The molecule has 2 aromatic rings. The van der Waals surface area contributed by atoms with Crippen LogP contribution in [0.15, 0.2) is 53.4 Å². The Morgan fingerprint density at radius 2 is 2.00 bits per heavy atom. The van der Waals surface area contributed by atoms with Crippen LogP contribution in [0.4, 0.5) is 5.69 Å². The molecule has 0 fully saturated rings. The Morgan fingerprint density at radius 1 is 1.27 bits per heavy atom. The van der Waals surface area contributed by atoms with Crippen LogP contribution in [0.5, 0.6) is 5.75 Å². The lowest BCUT2D eigenvalue weighted by molar-refractivity contribution is -0.115. The standard InChI is InChI=1S/C17H18ClNO2S/c1-3-16(22-15-9-7-12(18)8-10-15)17(20)19-13-5-4-6-14(11-13)21-2/h4-11,16H,3H2,1-2H3,(H,19,20). The van der Waals surface area contributed by atoms with Gasteiger partial charge in [0.15, 0.2) is 0 Å². The summed E-state index contributed by atoms with van der Waals surface area (Å²) in [6.07, 6.45) is 0.739. The summed E-state index contributed by atoms with van der Waals surface area (Å²) < 4.78 is 5.16. The minimum absolute atomic E-state index is 0.0179. The second-order valence-electron chi connectivity index (χ2n) is 4.69. The summed E-state index contributed by atoms with van der Waals surface area (Å²) in [6, 6.07) is 14.9. The van der Waals surface area contributed by atoms with Gasteiger partial charge in [-0.25, -0.2) is 0 Å². The maximum absolute atomic E-state index is 12.4. The van der Waals surface area contributed by atoms with Crippen molar-refractivity contribution in [2.45, 2.75) is 23.5 Å². The number of nitrogens with one attached hydrogen (secondary N) is 1. The van der Waals surface area contributed by atoms with E-state index in [4.69, 9.17) is 16.3 Å². The van der Waals surface area contributed by atoms with Crippen molar-refractivity contribution >= 4 is 35.0 Å².